The summed E-state index contributed by atoms with van der Waals surface area (Å²) >= 11 is 5.86. The largest absolute Gasteiger partial charge is 0.443 e. The van der Waals surface area contributed by atoms with Crippen LogP contribution in [0.5, 0.6) is 0 Å². The Bertz CT molecular complexity index is 1290. The molecule has 0 unspecified atom stereocenters. The second-order valence-electron chi connectivity index (χ2n) is 10.1. The minimum absolute atomic E-state index is 0.126. The van der Waals surface area contributed by atoms with E-state index in [0.29, 0.717) is 30.5 Å². The summed E-state index contributed by atoms with van der Waals surface area (Å²) in [5.41, 5.74) is 1.11. The molecule has 0 radical (unpaired) electrons. The Kier molecular flexibility index (Phi) is 10.5. The van der Waals surface area contributed by atoms with Crippen LogP contribution >= 0.6 is 11.6 Å². The first-order valence-electron chi connectivity index (χ1n) is 12.5. The van der Waals surface area contributed by atoms with Crippen LogP contribution in [0.1, 0.15) is 31.9 Å². The van der Waals surface area contributed by atoms with Crippen molar-refractivity contribution in [3.8, 4) is 0 Å². The first-order valence-corrected chi connectivity index (χ1v) is 14.5. The van der Waals surface area contributed by atoms with Crippen molar-refractivity contribution < 1.29 is 27.5 Å². The van der Waals surface area contributed by atoms with Crippen molar-refractivity contribution in [3.05, 3.63) is 64.7 Å². The van der Waals surface area contributed by atoms with Gasteiger partial charge in [-0.1, -0.05) is 41.9 Å². The predicted octanol–water partition coefficient (Wildman–Crippen LogP) is 3.33. The molecule has 0 saturated heterocycles. The lowest BCUT2D eigenvalue weighted by Crippen LogP contribution is -2.39. The highest BCUT2D eigenvalue weighted by Gasteiger charge is 2.29. The van der Waals surface area contributed by atoms with Gasteiger partial charge in [0.05, 0.1) is 24.6 Å². The lowest BCUT2D eigenvalue weighted by Gasteiger charge is -2.25. The van der Waals surface area contributed by atoms with E-state index in [9.17, 15) is 18.0 Å². The van der Waals surface area contributed by atoms with Gasteiger partial charge in [0.15, 0.2) is 9.84 Å². The van der Waals surface area contributed by atoms with Gasteiger partial charge in [-0.15, -0.1) is 0 Å². The van der Waals surface area contributed by atoms with Crippen molar-refractivity contribution in [2.24, 2.45) is 4.99 Å². The summed E-state index contributed by atoms with van der Waals surface area (Å²) in [6.45, 7) is 7.14. The molecule has 0 atom stereocenters. The van der Waals surface area contributed by atoms with Crippen LogP contribution in [0.2, 0.25) is 5.02 Å². The minimum atomic E-state index is -3.52. The molecule has 1 aliphatic rings. The van der Waals surface area contributed by atoms with Gasteiger partial charge < -0.3 is 19.7 Å². The van der Waals surface area contributed by atoms with E-state index >= 15 is 0 Å². The van der Waals surface area contributed by atoms with Crippen LogP contribution < -0.4 is 5.32 Å². The summed E-state index contributed by atoms with van der Waals surface area (Å²) in [6.07, 6.45) is -0.425. The van der Waals surface area contributed by atoms with E-state index in [0.717, 1.165) is 11.1 Å². The quantitative estimate of drug-likeness (QED) is 0.406. The molecule has 2 aromatic carbocycles. The van der Waals surface area contributed by atoms with E-state index in [4.69, 9.17) is 21.1 Å². The van der Waals surface area contributed by atoms with Gasteiger partial charge in [0.1, 0.15) is 23.9 Å². The third-order valence-electron chi connectivity index (χ3n) is 5.61. The van der Waals surface area contributed by atoms with Crippen LogP contribution in [0.15, 0.2) is 58.4 Å². The number of amides is 2. The highest BCUT2D eigenvalue weighted by molar-refractivity contribution is 7.91. The lowest BCUT2D eigenvalue weighted by atomic mass is 10.1. The van der Waals surface area contributed by atoms with Crippen LogP contribution in [-0.2, 0) is 30.7 Å². The molecular weight excluding hydrogens is 544 g/mol. The lowest BCUT2D eigenvalue weighted by molar-refractivity contribution is -0.135. The molecule has 0 saturated carbocycles. The Balaban J connectivity index is 1.40. The average Bonchev–Trinajstić information content (AvgIpc) is 3.36. The van der Waals surface area contributed by atoms with Gasteiger partial charge in [0.25, 0.3) is 0 Å². The number of likely N-dealkylation sites (N-methyl/N-ethyl adjacent to an activating group) is 1. The number of rotatable bonds is 11. The zero-order valence-corrected chi connectivity index (χ0v) is 24.2. The van der Waals surface area contributed by atoms with E-state index in [1.165, 1.54) is 17.0 Å². The molecule has 0 fully saturated rings. The smallest absolute Gasteiger partial charge is 0.416 e. The molecule has 0 spiro atoms. The number of carbonyl (C=O) groups is 2. The Hall–Kier alpha value is -2.99. The predicted molar refractivity (Wildman–Crippen MR) is 150 cm³/mol. The molecular formula is C27H35ClN4O6S. The molecule has 10 nitrogen and oxygen atoms in total. The summed E-state index contributed by atoms with van der Waals surface area (Å²) in [7, 11) is -1.84. The maximum atomic E-state index is 12.5. The molecule has 39 heavy (non-hydrogen) atoms. The second kappa shape index (κ2) is 13.4. The summed E-state index contributed by atoms with van der Waals surface area (Å²) < 4.78 is 35.6. The second-order valence-corrected chi connectivity index (χ2v) is 12.5. The number of ether oxygens (including phenoxy) is 2. The number of halogens is 1. The zero-order valence-electron chi connectivity index (χ0n) is 22.6. The van der Waals surface area contributed by atoms with Crippen molar-refractivity contribution >= 4 is 39.3 Å². The average molecular weight is 579 g/mol. The first-order chi connectivity index (χ1) is 18.4. The number of nitrogens with zero attached hydrogens (tertiary/aromatic N) is 3. The highest BCUT2D eigenvalue weighted by atomic mass is 35.5. The number of benzene rings is 2. The summed E-state index contributed by atoms with van der Waals surface area (Å²) in [5.74, 6) is 0.104. The van der Waals surface area contributed by atoms with Crippen molar-refractivity contribution in [2.75, 3.05) is 45.8 Å². The Labute approximate surface area is 234 Å². The molecule has 0 aliphatic carbocycles. The van der Waals surface area contributed by atoms with Gasteiger partial charge in [-0.3, -0.25) is 14.7 Å². The molecule has 1 heterocycles. The number of hydrogen-bond donors (Lipinski definition) is 1. The Morgan fingerprint density at radius 2 is 1.87 bits per heavy atom. The molecule has 212 valence electrons. The minimum Gasteiger partial charge on any atom is -0.443 e. The van der Waals surface area contributed by atoms with Crippen LogP contribution in [0, 0.1) is 0 Å². The van der Waals surface area contributed by atoms with Gasteiger partial charge in [-0.2, -0.15) is 0 Å². The standard InChI is InChI=1S/C27H35ClN4O6S/c1-27(2,3)38-26(34)32-14-12-30-25(32)21-10-8-20(9-11-21)17-31(4)24(33)18-37-15-13-29-19-39(35,36)23-7-5-6-22(28)16-23/h5-11,16,29H,12-15,17-19H2,1-4H3. The first kappa shape index (κ1) is 30.6. The molecule has 2 aromatic rings. The van der Waals surface area contributed by atoms with Gasteiger partial charge in [-0.05, 0) is 44.5 Å². The molecule has 0 aromatic heterocycles. The number of carbonyl (C=O) groups excluding carboxylic acids is 2. The normalized spacial score (nSPS) is 13.8. The summed E-state index contributed by atoms with van der Waals surface area (Å²) in [5, 5.41) is 3.17. The maximum Gasteiger partial charge on any atom is 0.416 e. The van der Waals surface area contributed by atoms with E-state index < -0.39 is 21.5 Å². The van der Waals surface area contributed by atoms with E-state index in [1.807, 2.05) is 45.0 Å². The summed E-state index contributed by atoms with van der Waals surface area (Å²) in [6, 6.07) is 13.6. The summed E-state index contributed by atoms with van der Waals surface area (Å²) in [4.78, 5) is 32.7. The molecule has 1 N–H and O–H groups in total. The van der Waals surface area contributed by atoms with Crippen molar-refractivity contribution in [1.29, 1.82) is 0 Å². The number of aliphatic imine (C=N–C) groups is 1. The monoisotopic (exact) mass is 578 g/mol. The fraction of sp³-hybridized carbons (Fsp3) is 0.444. The molecule has 3 rings (SSSR count). The van der Waals surface area contributed by atoms with Crippen LogP contribution in [0.25, 0.3) is 0 Å². The van der Waals surface area contributed by atoms with Gasteiger partial charge in [-0.25, -0.2) is 13.2 Å². The molecule has 0 bridgehead atoms. The van der Waals surface area contributed by atoms with Gasteiger partial charge in [0, 0.05) is 30.7 Å². The van der Waals surface area contributed by atoms with Gasteiger partial charge in [0.2, 0.25) is 5.91 Å². The number of hydrogen-bond acceptors (Lipinski definition) is 8. The van der Waals surface area contributed by atoms with Crippen LogP contribution in [-0.4, -0.2) is 87.4 Å². The number of amidine groups is 1. The molecule has 1 aliphatic heterocycles. The highest BCUT2D eigenvalue weighted by Crippen LogP contribution is 2.18. The van der Waals surface area contributed by atoms with E-state index in [1.54, 1.807) is 24.1 Å². The third kappa shape index (κ3) is 9.31. The van der Waals surface area contributed by atoms with E-state index in [2.05, 4.69) is 10.3 Å². The molecule has 2 amide bonds. The zero-order chi connectivity index (χ0) is 28.6. The Morgan fingerprint density at radius 3 is 2.54 bits per heavy atom. The molecule has 12 heteroatoms. The third-order valence-corrected chi connectivity index (χ3v) is 7.40. The maximum absolute atomic E-state index is 12.5. The fourth-order valence-corrected chi connectivity index (χ4v) is 5.10. The van der Waals surface area contributed by atoms with E-state index in [-0.39, 0.29) is 36.4 Å². The SMILES string of the molecule is CN(Cc1ccc(C2=NCCN2C(=O)OC(C)(C)C)cc1)C(=O)COCCNCS(=O)(=O)c1cccc(Cl)c1. The van der Waals surface area contributed by atoms with Gasteiger partial charge >= 0.3 is 6.09 Å². The fourth-order valence-electron chi connectivity index (χ4n) is 3.67. The van der Waals surface area contributed by atoms with Crippen LogP contribution in [0.4, 0.5) is 4.79 Å². The topological polar surface area (TPSA) is 118 Å². The van der Waals surface area contributed by atoms with Crippen LogP contribution in [0.3, 0.4) is 0 Å². The number of nitrogens with one attached hydrogen (secondary N) is 1. The van der Waals surface area contributed by atoms with Crippen molar-refractivity contribution in [1.82, 2.24) is 15.1 Å². The number of sulfone groups is 1. The van der Waals surface area contributed by atoms with Crippen molar-refractivity contribution in [2.45, 2.75) is 37.8 Å². The Morgan fingerprint density at radius 1 is 1.15 bits per heavy atom. The van der Waals surface area contributed by atoms with Crippen molar-refractivity contribution in [3.63, 3.8) is 0 Å².